The van der Waals surface area contributed by atoms with Gasteiger partial charge in [-0.15, -0.1) is 0 Å². The second-order valence-corrected chi connectivity index (χ2v) is 13.5. The van der Waals surface area contributed by atoms with Crippen LogP contribution in [0.5, 0.6) is 0 Å². The van der Waals surface area contributed by atoms with Crippen molar-refractivity contribution in [1.29, 1.82) is 0 Å². The zero-order valence-electron chi connectivity index (χ0n) is 23.1. The lowest BCUT2D eigenvalue weighted by Crippen LogP contribution is -2.47. The van der Waals surface area contributed by atoms with Gasteiger partial charge in [-0.1, -0.05) is 6.07 Å². The molecule has 39 heavy (non-hydrogen) atoms. The zero-order valence-corrected chi connectivity index (χ0v) is 23.1. The SMILES string of the molecule is Cc1ccc2nc(N3CC[C@H](NC(=O)N4CC[C@H](N)C4)C3)ccc2c1NC(=O)CC12CC3CC(CC(C3)C1)C2. The number of nitrogens with one attached hydrogen (secondary N) is 2. The fraction of sp³-hybridized carbons (Fsp3) is 0.645. The Morgan fingerprint density at radius 1 is 1.00 bits per heavy atom. The number of nitrogens with two attached hydrogens (primary N) is 1. The van der Waals surface area contributed by atoms with Crippen molar-refractivity contribution in [3.8, 4) is 0 Å². The lowest BCUT2D eigenvalue weighted by Gasteiger charge is -2.56. The summed E-state index contributed by atoms with van der Waals surface area (Å²) in [7, 11) is 0. The molecule has 6 aliphatic rings. The number of aromatic nitrogens is 1. The summed E-state index contributed by atoms with van der Waals surface area (Å²) < 4.78 is 0. The Hall–Kier alpha value is -2.87. The molecule has 0 radical (unpaired) electrons. The Bertz CT molecular complexity index is 1260. The van der Waals surface area contributed by atoms with E-state index < -0.39 is 0 Å². The maximum Gasteiger partial charge on any atom is 0.317 e. The second kappa shape index (κ2) is 9.65. The molecule has 4 saturated carbocycles. The number of carbonyl (C=O) groups excluding carboxylic acids is 2. The van der Waals surface area contributed by atoms with Crippen LogP contribution in [-0.2, 0) is 4.79 Å². The molecule has 2 aliphatic heterocycles. The molecule has 0 spiro atoms. The molecular weight excluding hydrogens is 488 g/mol. The predicted molar refractivity (Wildman–Crippen MR) is 154 cm³/mol. The molecule has 1 aromatic carbocycles. The smallest absolute Gasteiger partial charge is 0.317 e. The molecule has 0 unspecified atom stereocenters. The summed E-state index contributed by atoms with van der Waals surface area (Å²) in [5.41, 5.74) is 9.06. The molecule has 2 atom stereocenters. The summed E-state index contributed by atoms with van der Waals surface area (Å²) in [5, 5.41) is 7.50. The minimum atomic E-state index is -0.00864. The van der Waals surface area contributed by atoms with E-state index in [9.17, 15) is 9.59 Å². The highest BCUT2D eigenvalue weighted by Crippen LogP contribution is 2.61. The van der Waals surface area contributed by atoms with Crippen molar-refractivity contribution in [3.63, 3.8) is 0 Å². The van der Waals surface area contributed by atoms with Crippen LogP contribution in [0.4, 0.5) is 16.3 Å². The lowest BCUT2D eigenvalue weighted by molar-refractivity contribution is -0.124. The Morgan fingerprint density at radius 3 is 2.44 bits per heavy atom. The molecule has 208 valence electrons. The van der Waals surface area contributed by atoms with E-state index in [4.69, 9.17) is 10.7 Å². The van der Waals surface area contributed by atoms with Gasteiger partial charge in [0.05, 0.1) is 11.2 Å². The Morgan fingerprint density at radius 2 is 1.74 bits per heavy atom. The quantitative estimate of drug-likeness (QED) is 0.531. The average Bonchev–Trinajstić information content (AvgIpc) is 3.53. The van der Waals surface area contributed by atoms with Crippen molar-refractivity contribution in [3.05, 3.63) is 29.8 Å². The number of urea groups is 1. The van der Waals surface area contributed by atoms with Gasteiger partial charge in [0.2, 0.25) is 5.91 Å². The first-order valence-corrected chi connectivity index (χ1v) is 15.1. The van der Waals surface area contributed by atoms with Gasteiger partial charge in [-0.3, -0.25) is 4.79 Å². The summed E-state index contributed by atoms with van der Waals surface area (Å²) in [6.45, 7) is 5.02. The lowest BCUT2D eigenvalue weighted by atomic mass is 9.49. The van der Waals surface area contributed by atoms with Crippen LogP contribution in [0, 0.1) is 30.1 Å². The summed E-state index contributed by atoms with van der Waals surface area (Å²) in [6.07, 6.45) is 10.3. The van der Waals surface area contributed by atoms with E-state index in [0.717, 1.165) is 78.2 Å². The first kappa shape index (κ1) is 25.1. The Kier molecular flexibility index (Phi) is 6.21. The van der Waals surface area contributed by atoms with Crippen molar-refractivity contribution >= 4 is 34.3 Å². The molecule has 8 nitrogen and oxygen atoms in total. The molecule has 2 aromatic rings. The molecule has 6 fully saturated rings. The van der Waals surface area contributed by atoms with Gasteiger partial charge in [0.1, 0.15) is 5.82 Å². The molecule has 2 saturated heterocycles. The van der Waals surface area contributed by atoms with Crippen LogP contribution in [0.3, 0.4) is 0 Å². The van der Waals surface area contributed by atoms with Crippen molar-refractivity contribution in [1.82, 2.24) is 15.2 Å². The Labute approximate surface area is 231 Å². The largest absolute Gasteiger partial charge is 0.354 e. The molecule has 4 N–H and O–H groups in total. The average molecular weight is 531 g/mol. The van der Waals surface area contributed by atoms with Gasteiger partial charge in [-0.05, 0) is 105 Å². The highest BCUT2D eigenvalue weighted by atomic mass is 16.2. The first-order valence-electron chi connectivity index (χ1n) is 15.1. The molecule has 3 amide bonds. The number of amides is 3. The van der Waals surface area contributed by atoms with Crippen LogP contribution >= 0.6 is 0 Å². The van der Waals surface area contributed by atoms with Gasteiger partial charge >= 0.3 is 6.03 Å². The maximum atomic E-state index is 13.4. The van der Waals surface area contributed by atoms with E-state index in [0.29, 0.717) is 13.0 Å². The number of anilines is 2. The van der Waals surface area contributed by atoms with Crippen LogP contribution in [0.2, 0.25) is 0 Å². The molecule has 4 bridgehead atoms. The number of likely N-dealkylation sites (tertiary alicyclic amines) is 1. The van der Waals surface area contributed by atoms with Gasteiger partial charge in [0.15, 0.2) is 0 Å². The van der Waals surface area contributed by atoms with Gasteiger partial charge in [-0.2, -0.15) is 0 Å². The minimum absolute atomic E-state index is 0.00864. The van der Waals surface area contributed by atoms with E-state index in [-0.39, 0.29) is 29.4 Å². The number of benzene rings is 1. The fourth-order valence-electron chi connectivity index (χ4n) is 9.00. The highest BCUT2D eigenvalue weighted by Gasteiger charge is 2.51. The van der Waals surface area contributed by atoms with Crippen LogP contribution in [0.1, 0.15) is 63.4 Å². The highest BCUT2D eigenvalue weighted by molar-refractivity contribution is 6.03. The minimum Gasteiger partial charge on any atom is -0.354 e. The van der Waals surface area contributed by atoms with Gasteiger partial charge < -0.3 is 26.2 Å². The van der Waals surface area contributed by atoms with Crippen LogP contribution in [0.15, 0.2) is 24.3 Å². The number of fused-ring (bicyclic) bond motifs is 1. The van der Waals surface area contributed by atoms with E-state index in [1.54, 1.807) is 0 Å². The Balaban J connectivity index is 1.02. The van der Waals surface area contributed by atoms with E-state index in [1.165, 1.54) is 38.5 Å². The van der Waals surface area contributed by atoms with Crippen LogP contribution in [0.25, 0.3) is 10.9 Å². The van der Waals surface area contributed by atoms with Crippen molar-refractivity contribution in [2.24, 2.45) is 28.9 Å². The molecule has 1 aromatic heterocycles. The van der Waals surface area contributed by atoms with Crippen LogP contribution < -0.4 is 21.3 Å². The molecule has 4 aliphatic carbocycles. The summed E-state index contributed by atoms with van der Waals surface area (Å²) >= 11 is 0. The molecule has 8 rings (SSSR count). The maximum absolute atomic E-state index is 13.4. The third-order valence-electron chi connectivity index (χ3n) is 10.4. The van der Waals surface area contributed by atoms with E-state index in [1.807, 2.05) is 4.90 Å². The molecule has 3 heterocycles. The summed E-state index contributed by atoms with van der Waals surface area (Å²) in [4.78, 5) is 35.1. The number of carbonyl (C=O) groups is 2. The third-order valence-corrected chi connectivity index (χ3v) is 10.4. The second-order valence-electron chi connectivity index (χ2n) is 13.5. The van der Waals surface area contributed by atoms with Crippen molar-refractivity contribution in [2.45, 2.75) is 76.8 Å². The van der Waals surface area contributed by atoms with E-state index >= 15 is 0 Å². The number of rotatable bonds is 5. The number of pyridine rings is 1. The molecular formula is C31H42N6O2. The number of nitrogens with zero attached hydrogens (tertiary/aromatic N) is 3. The monoisotopic (exact) mass is 530 g/mol. The number of hydrogen-bond donors (Lipinski definition) is 3. The van der Waals surface area contributed by atoms with Crippen LogP contribution in [-0.4, -0.2) is 60.1 Å². The van der Waals surface area contributed by atoms with E-state index in [2.05, 4.69) is 46.7 Å². The standard InChI is InChI=1S/C31H42N6O2/c1-19-2-4-26-25(29(19)35-28(38)16-31-13-20-10-21(14-31)12-22(11-20)15-31)3-5-27(34-26)36-9-7-24(18-36)33-30(39)37-8-6-23(32)17-37/h2-5,20-24H,6-18,32H2,1H3,(H,33,39)(H,35,38)/t20?,21?,22?,23-,24-,31?/m0/s1. The van der Waals surface area contributed by atoms with Gasteiger partial charge in [0, 0.05) is 50.1 Å². The van der Waals surface area contributed by atoms with Gasteiger partial charge in [-0.25, -0.2) is 9.78 Å². The number of hydrogen-bond acceptors (Lipinski definition) is 5. The third kappa shape index (κ3) is 4.85. The van der Waals surface area contributed by atoms with Crippen molar-refractivity contribution in [2.75, 3.05) is 36.4 Å². The van der Waals surface area contributed by atoms with Gasteiger partial charge in [0.25, 0.3) is 0 Å². The molecule has 8 heteroatoms. The predicted octanol–water partition coefficient (Wildman–Crippen LogP) is 4.41. The fourth-order valence-corrected chi connectivity index (χ4v) is 9.00. The zero-order chi connectivity index (χ0) is 26.7. The summed E-state index contributed by atoms with van der Waals surface area (Å²) in [5.74, 6) is 3.62. The van der Waals surface area contributed by atoms with Crippen molar-refractivity contribution < 1.29 is 9.59 Å². The summed E-state index contributed by atoms with van der Waals surface area (Å²) in [6, 6.07) is 8.45. The first-order chi connectivity index (χ1) is 18.8. The number of aryl methyl sites for hydroxylation is 1. The topological polar surface area (TPSA) is 104 Å². The normalized spacial score (nSPS) is 33.2.